The van der Waals surface area contributed by atoms with E-state index in [1.54, 1.807) is 30.3 Å². The molecule has 144 valence electrons. The Balaban J connectivity index is 1.88. The number of hydrogen-bond donors (Lipinski definition) is 0. The van der Waals surface area contributed by atoms with E-state index in [1.165, 1.54) is 29.9 Å². The minimum absolute atomic E-state index is 0.0616. The van der Waals surface area contributed by atoms with Crippen molar-refractivity contribution in [1.82, 2.24) is 4.57 Å². The largest absolute Gasteiger partial charge is 0.313 e. The predicted molar refractivity (Wildman–Crippen MR) is 108 cm³/mol. The van der Waals surface area contributed by atoms with Gasteiger partial charge in [0, 0.05) is 29.1 Å². The zero-order valence-corrected chi connectivity index (χ0v) is 16.1. The third-order valence-corrected chi connectivity index (χ3v) is 5.94. The quantitative estimate of drug-likeness (QED) is 0.400. The van der Waals surface area contributed by atoms with Crippen molar-refractivity contribution in [3.8, 4) is 11.3 Å². The van der Waals surface area contributed by atoms with E-state index in [0.29, 0.717) is 5.69 Å². The molecule has 1 aromatic heterocycles. The summed E-state index contributed by atoms with van der Waals surface area (Å²) >= 11 is 1.44. The van der Waals surface area contributed by atoms with E-state index in [9.17, 15) is 14.5 Å². The predicted octanol–water partition coefficient (Wildman–Crippen LogP) is 6.00. The molecule has 3 aromatic rings. The van der Waals surface area contributed by atoms with Crippen LogP contribution in [0.2, 0.25) is 0 Å². The highest BCUT2D eigenvalue weighted by molar-refractivity contribution is 7.07. The molecule has 0 N–H and O–H groups in total. The number of nitro benzene ring substituents is 1. The van der Waals surface area contributed by atoms with Crippen LogP contribution in [0.3, 0.4) is 0 Å². The van der Waals surface area contributed by atoms with Gasteiger partial charge in [0.05, 0.1) is 10.6 Å². The Kier molecular flexibility index (Phi) is 5.34. The maximum Gasteiger partial charge on any atom is 0.270 e. The first-order chi connectivity index (χ1) is 13.6. The van der Waals surface area contributed by atoms with Gasteiger partial charge in [-0.2, -0.15) is 0 Å². The number of benzene rings is 2. The summed E-state index contributed by atoms with van der Waals surface area (Å²) in [7, 11) is 0. The Labute approximate surface area is 166 Å². The van der Waals surface area contributed by atoms with Crippen LogP contribution < -0.4 is 4.80 Å². The van der Waals surface area contributed by atoms with Crippen molar-refractivity contribution in [2.45, 2.75) is 38.1 Å². The fraction of sp³-hybridized carbons (Fsp3) is 0.286. The summed E-state index contributed by atoms with van der Waals surface area (Å²) in [5.74, 6) is -0.358. The average Bonchev–Trinajstić information content (AvgIpc) is 3.14. The molecule has 0 radical (unpaired) electrons. The summed E-state index contributed by atoms with van der Waals surface area (Å²) < 4.78 is 16.3. The average molecular weight is 397 g/mol. The Morgan fingerprint density at radius 3 is 2.64 bits per heavy atom. The lowest BCUT2D eigenvalue weighted by Gasteiger charge is -2.25. The molecule has 0 atom stereocenters. The van der Waals surface area contributed by atoms with Crippen molar-refractivity contribution < 1.29 is 9.31 Å². The Hall–Kier alpha value is -2.80. The molecule has 28 heavy (non-hydrogen) atoms. The molecule has 0 spiro atoms. The summed E-state index contributed by atoms with van der Waals surface area (Å²) in [6, 6.07) is 13.4. The van der Waals surface area contributed by atoms with Crippen LogP contribution in [0.25, 0.3) is 11.3 Å². The first kappa shape index (κ1) is 18.6. The molecule has 0 amide bonds. The number of non-ortho nitro benzene ring substituents is 1. The van der Waals surface area contributed by atoms with Gasteiger partial charge in [-0.05, 0) is 25.0 Å². The molecule has 1 aliphatic rings. The van der Waals surface area contributed by atoms with Gasteiger partial charge in [-0.25, -0.2) is 9.38 Å². The van der Waals surface area contributed by atoms with Crippen LogP contribution in [0.5, 0.6) is 0 Å². The molecule has 4 rings (SSSR count). The molecule has 2 aromatic carbocycles. The Morgan fingerprint density at radius 1 is 1.11 bits per heavy atom. The first-order valence-corrected chi connectivity index (χ1v) is 10.3. The van der Waals surface area contributed by atoms with Crippen molar-refractivity contribution in [1.29, 1.82) is 0 Å². The van der Waals surface area contributed by atoms with Gasteiger partial charge in [-0.1, -0.05) is 43.5 Å². The molecule has 1 heterocycles. The number of nitrogens with zero attached hydrogens (tertiary/aromatic N) is 3. The van der Waals surface area contributed by atoms with Gasteiger partial charge in [0.25, 0.3) is 5.69 Å². The lowest BCUT2D eigenvalue weighted by molar-refractivity contribution is -0.384. The van der Waals surface area contributed by atoms with Gasteiger partial charge >= 0.3 is 0 Å². The molecule has 7 heteroatoms. The SMILES string of the molecule is O=[N+]([O-])c1cccc(-c2csc(=Nc3ccccc3F)n2C2CCCCC2)c1. The third kappa shape index (κ3) is 3.75. The number of para-hydroxylation sites is 1. The summed E-state index contributed by atoms with van der Waals surface area (Å²) in [5, 5.41) is 13.2. The van der Waals surface area contributed by atoms with E-state index >= 15 is 0 Å². The van der Waals surface area contributed by atoms with Gasteiger partial charge in [-0.3, -0.25) is 10.1 Å². The molecular weight excluding hydrogens is 377 g/mol. The standard InChI is InChI=1S/C21H20FN3O2S/c22-18-11-4-5-12-19(18)23-21-24(16-8-2-1-3-9-16)20(14-28-21)15-7-6-10-17(13-15)25(26)27/h4-7,10-14,16H,1-3,8-9H2. The maximum absolute atomic E-state index is 14.1. The number of hydrogen-bond acceptors (Lipinski definition) is 4. The molecule has 1 saturated carbocycles. The molecule has 5 nitrogen and oxygen atoms in total. The van der Waals surface area contributed by atoms with Crippen LogP contribution in [0.15, 0.2) is 58.9 Å². The zero-order valence-electron chi connectivity index (χ0n) is 15.3. The van der Waals surface area contributed by atoms with Crippen LogP contribution in [0.1, 0.15) is 38.1 Å². The minimum Gasteiger partial charge on any atom is -0.313 e. The number of aromatic nitrogens is 1. The monoisotopic (exact) mass is 397 g/mol. The first-order valence-electron chi connectivity index (χ1n) is 9.37. The highest BCUT2D eigenvalue weighted by atomic mass is 32.1. The second kappa shape index (κ2) is 8.06. The molecule has 0 aliphatic heterocycles. The summed E-state index contributed by atoms with van der Waals surface area (Å²) in [6.07, 6.45) is 5.56. The van der Waals surface area contributed by atoms with Crippen molar-refractivity contribution in [3.05, 3.63) is 74.6 Å². The minimum atomic E-state index is -0.383. The van der Waals surface area contributed by atoms with Crippen molar-refractivity contribution in [3.63, 3.8) is 0 Å². The fourth-order valence-electron chi connectivity index (χ4n) is 3.73. The van der Waals surface area contributed by atoms with E-state index < -0.39 is 0 Å². The summed E-state index contributed by atoms with van der Waals surface area (Å²) in [4.78, 5) is 16.1. The van der Waals surface area contributed by atoms with Crippen LogP contribution in [-0.2, 0) is 0 Å². The van der Waals surface area contributed by atoms with Gasteiger partial charge in [-0.15, -0.1) is 11.3 Å². The maximum atomic E-state index is 14.1. The van der Waals surface area contributed by atoms with Crippen LogP contribution in [0, 0.1) is 15.9 Å². The zero-order chi connectivity index (χ0) is 19.5. The smallest absolute Gasteiger partial charge is 0.270 e. The molecule has 0 unspecified atom stereocenters. The van der Waals surface area contributed by atoms with Crippen LogP contribution in [0.4, 0.5) is 15.8 Å². The molecule has 0 bridgehead atoms. The molecule has 1 fully saturated rings. The summed E-state index contributed by atoms with van der Waals surface area (Å²) in [6.45, 7) is 0. The van der Waals surface area contributed by atoms with Gasteiger partial charge in [0.1, 0.15) is 11.5 Å². The normalized spacial score (nSPS) is 15.7. The Morgan fingerprint density at radius 2 is 1.89 bits per heavy atom. The van der Waals surface area contributed by atoms with Crippen molar-refractivity contribution in [2.24, 2.45) is 4.99 Å². The van der Waals surface area contributed by atoms with Crippen LogP contribution in [-0.4, -0.2) is 9.49 Å². The lowest BCUT2D eigenvalue weighted by Crippen LogP contribution is -2.23. The number of halogens is 1. The van der Waals surface area contributed by atoms with E-state index in [-0.39, 0.29) is 22.5 Å². The van der Waals surface area contributed by atoms with Gasteiger partial charge < -0.3 is 4.57 Å². The van der Waals surface area contributed by atoms with Crippen LogP contribution >= 0.6 is 11.3 Å². The second-order valence-corrected chi connectivity index (χ2v) is 7.77. The van der Waals surface area contributed by atoms with Crippen molar-refractivity contribution >= 4 is 22.7 Å². The van der Waals surface area contributed by atoms with E-state index in [4.69, 9.17) is 0 Å². The Bertz CT molecular complexity index is 1070. The number of thiazole rings is 1. The fourth-order valence-corrected chi connectivity index (χ4v) is 4.71. The topological polar surface area (TPSA) is 60.4 Å². The van der Waals surface area contributed by atoms with E-state index in [0.717, 1.165) is 41.7 Å². The highest BCUT2D eigenvalue weighted by Crippen LogP contribution is 2.33. The van der Waals surface area contributed by atoms with Gasteiger partial charge in [0.2, 0.25) is 0 Å². The summed E-state index contributed by atoms with van der Waals surface area (Å²) in [5.41, 5.74) is 2.05. The molecule has 0 saturated heterocycles. The van der Waals surface area contributed by atoms with E-state index in [1.807, 2.05) is 11.4 Å². The number of nitro groups is 1. The molecule has 1 aliphatic carbocycles. The van der Waals surface area contributed by atoms with Crippen molar-refractivity contribution in [2.75, 3.05) is 0 Å². The third-order valence-electron chi connectivity index (χ3n) is 5.10. The van der Waals surface area contributed by atoms with Gasteiger partial charge in [0.15, 0.2) is 4.80 Å². The lowest BCUT2D eigenvalue weighted by atomic mass is 9.95. The van der Waals surface area contributed by atoms with E-state index in [2.05, 4.69) is 9.56 Å². The molecular formula is C21H20FN3O2S. The second-order valence-electron chi connectivity index (χ2n) is 6.94. The highest BCUT2D eigenvalue weighted by Gasteiger charge is 2.21. The number of rotatable bonds is 4.